The zero-order valence-corrected chi connectivity index (χ0v) is 13.6. The van der Waals surface area contributed by atoms with Crippen LogP contribution in [0.3, 0.4) is 0 Å². The Kier molecular flexibility index (Phi) is 4.27. The number of nitrogens with zero attached hydrogens (tertiary/aromatic N) is 1. The van der Waals surface area contributed by atoms with Gasteiger partial charge in [0.2, 0.25) is 11.8 Å². The van der Waals surface area contributed by atoms with E-state index in [2.05, 4.69) is 5.32 Å². The van der Waals surface area contributed by atoms with Crippen molar-refractivity contribution in [2.45, 2.75) is 46.1 Å². The van der Waals surface area contributed by atoms with Crippen LogP contribution in [0.15, 0.2) is 24.3 Å². The molecule has 0 unspecified atom stereocenters. The van der Waals surface area contributed by atoms with Gasteiger partial charge in [-0.2, -0.15) is 0 Å². The van der Waals surface area contributed by atoms with Gasteiger partial charge in [0, 0.05) is 17.8 Å². The Morgan fingerprint density at radius 1 is 1.27 bits per heavy atom. The lowest BCUT2D eigenvalue weighted by Gasteiger charge is -2.39. The van der Waals surface area contributed by atoms with Crippen LogP contribution >= 0.6 is 0 Å². The first kappa shape index (κ1) is 16.5. The highest BCUT2D eigenvalue weighted by molar-refractivity contribution is 6.12. The van der Waals surface area contributed by atoms with Crippen molar-refractivity contribution in [1.82, 2.24) is 5.32 Å². The third-order valence-corrected chi connectivity index (χ3v) is 3.90. The van der Waals surface area contributed by atoms with Crippen LogP contribution in [0.5, 0.6) is 0 Å². The zero-order chi connectivity index (χ0) is 16.5. The van der Waals surface area contributed by atoms with Crippen LogP contribution < -0.4 is 10.2 Å². The van der Waals surface area contributed by atoms with Gasteiger partial charge in [-0.1, -0.05) is 0 Å². The van der Waals surface area contributed by atoms with Crippen molar-refractivity contribution in [1.29, 1.82) is 0 Å². The summed E-state index contributed by atoms with van der Waals surface area (Å²) in [4.78, 5) is 27.0. The molecule has 1 atom stereocenters. The summed E-state index contributed by atoms with van der Waals surface area (Å²) in [6.07, 6.45) is 1.25. The number of piperidine rings is 1. The van der Waals surface area contributed by atoms with Crippen LogP contribution in [0.4, 0.5) is 10.1 Å². The molecule has 0 aromatic heterocycles. The summed E-state index contributed by atoms with van der Waals surface area (Å²) in [6.45, 7) is 7.90. The van der Waals surface area contributed by atoms with Crippen LogP contribution in [0.25, 0.3) is 0 Å². The van der Waals surface area contributed by atoms with Crippen LogP contribution in [-0.2, 0) is 9.59 Å². The van der Waals surface area contributed by atoms with Crippen molar-refractivity contribution in [2.24, 2.45) is 5.41 Å². The molecule has 0 bridgehead atoms. The van der Waals surface area contributed by atoms with Gasteiger partial charge in [-0.05, 0) is 64.8 Å². The maximum atomic E-state index is 13.0. The van der Waals surface area contributed by atoms with Gasteiger partial charge in [0.15, 0.2) is 0 Å². The molecule has 5 heteroatoms. The fourth-order valence-corrected chi connectivity index (χ4v) is 2.65. The normalized spacial score (nSPS) is 22.6. The molecule has 0 radical (unpaired) electrons. The molecule has 1 aromatic rings. The van der Waals surface area contributed by atoms with Gasteiger partial charge in [0.05, 0.1) is 0 Å². The summed E-state index contributed by atoms with van der Waals surface area (Å²) in [5.74, 6) is -0.828. The van der Waals surface area contributed by atoms with E-state index in [9.17, 15) is 14.0 Å². The van der Waals surface area contributed by atoms with Gasteiger partial charge in [-0.15, -0.1) is 0 Å². The SMILES string of the molecule is CC(C)(C)NC(=O)[C@]1(C)CCCN(c2ccc(F)cc2)C1=O. The van der Waals surface area contributed by atoms with E-state index in [-0.39, 0.29) is 17.6 Å². The second kappa shape index (κ2) is 5.71. The Morgan fingerprint density at radius 3 is 2.41 bits per heavy atom. The summed E-state index contributed by atoms with van der Waals surface area (Å²) in [5.41, 5.74) is -0.848. The maximum Gasteiger partial charge on any atom is 0.242 e. The Bertz CT molecular complexity index is 577. The molecule has 1 aliphatic heterocycles. The summed E-state index contributed by atoms with van der Waals surface area (Å²) >= 11 is 0. The number of amides is 2. The number of carbonyl (C=O) groups excluding carboxylic acids is 2. The minimum Gasteiger partial charge on any atom is -0.351 e. The van der Waals surface area contributed by atoms with Gasteiger partial charge in [-0.25, -0.2) is 4.39 Å². The van der Waals surface area contributed by atoms with Crippen molar-refractivity contribution in [3.63, 3.8) is 0 Å². The Hall–Kier alpha value is -1.91. The fraction of sp³-hybridized carbons (Fsp3) is 0.529. The maximum absolute atomic E-state index is 13.0. The zero-order valence-electron chi connectivity index (χ0n) is 13.6. The predicted octanol–water partition coefficient (Wildman–Crippen LogP) is 2.87. The molecule has 0 saturated carbocycles. The highest BCUT2D eigenvalue weighted by Crippen LogP contribution is 2.34. The highest BCUT2D eigenvalue weighted by atomic mass is 19.1. The number of rotatable bonds is 2. The molecule has 1 N–H and O–H groups in total. The molecule has 1 aromatic carbocycles. The van der Waals surface area contributed by atoms with Gasteiger partial charge < -0.3 is 10.2 Å². The van der Waals surface area contributed by atoms with Crippen molar-refractivity contribution < 1.29 is 14.0 Å². The minimum atomic E-state index is -1.08. The standard InChI is InChI=1S/C17H23FN2O2/c1-16(2,3)19-14(21)17(4)10-5-11-20(15(17)22)13-8-6-12(18)7-9-13/h6-9H,5,10-11H2,1-4H3,(H,19,21)/t17-/m0/s1. The molecule has 2 amide bonds. The molecule has 2 rings (SSSR count). The van der Waals surface area contributed by atoms with E-state index in [4.69, 9.17) is 0 Å². The van der Waals surface area contributed by atoms with Gasteiger partial charge in [0.1, 0.15) is 11.2 Å². The van der Waals surface area contributed by atoms with Crippen LogP contribution in [0.2, 0.25) is 0 Å². The van der Waals surface area contributed by atoms with Crippen LogP contribution in [0, 0.1) is 11.2 Å². The second-order valence-corrected chi connectivity index (χ2v) is 7.07. The molecule has 1 heterocycles. The Morgan fingerprint density at radius 2 is 1.86 bits per heavy atom. The number of anilines is 1. The summed E-state index contributed by atoms with van der Waals surface area (Å²) in [7, 11) is 0. The third kappa shape index (κ3) is 3.29. The largest absolute Gasteiger partial charge is 0.351 e. The number of halogens is 1. The van der Waals surface area contributed by atoms with E-state index in [1.54, 1.807) is 24.0 Å². The summed E-state index contributed by atoms with van der Waals surface area (Å²) in [6, 6.07) is 5.79. The Balaban J connectivity index is 2.25. The number of hydrogen-bond donors (Lipinski definition) is 1. The topological polar surface area (TPSA) is 49.4 Å². The van der Waals surface area contributed by atoms with E-state index < -0.39 is 11.0 Å². The van der Waals surface area contributed by atoms with E-state index in [1.165, 1.54) is 12.1 Å². The number of nitrogens with one attached hydrogen (secondary N) is 1. The fourth-order valence-electron chi connectivity index (χ4n) is 2.65. The average molecular weight is 306 g/mol. The Labute approximate surface area is 130 Å². The second-order valence-electron chi connectivity index (χ2n) is 7.07. The van der Waals surface area contributed by atoms with E-state index >= 15 is 0 Å². The molecule has 1 saturated heterocycles. The summed E-state index contributed by atoms with van der Waals surface area (Å²) in [5, 5.41) is 2.89. The monoisotopic (exact) mass is 306 g/mol. The van der Waals surface area contributed by atoms with Gasteiger partial charge in [0.25, 0.3) is 0 Å². The lowest BCUT2D eigenvalue weighted by atomic mass is 9.79. The first-order valence-electron chi connectivity index (χ1n) is 7.54. The van der Waals surface area contributed by atoms with E-state index in [0.717, 1.165) is 6.42 Å². The first-order chi connectivity index (χ1) is 10.1. The molecular weight excluding hydrogens is 283 g/mol. The van der Waals surface area contributed by atoms with Crippen molar-refractivity contribution in [3.05, 3.63) is 30.1 Å². The smallest absolute Gasteiger partial charge is 0.242 e. The molecule has 1 aliphatic rings. The molecular formula is C17H23FN2O2. The quantitative estimate of drug-likeness (QED) is 0.854. The average Bonchev–Trinajstić information content (AvgIpc) is 2.41. The predicted molar refractivity (Wildman–Crippen MR) is 84.0 cm³/mol. The molecule has 22 heavy (non-hydrogen) atoms. The molecule has 0 aliphatic carbocycles. The van der Waals surface area contributed by atoms with Gasteiger partial charge in [-0.3, -0.25) is 9.59 Å². The lowest BCUT2D eigenvalue weighted by molar-refractivity contribution is -0.143. The summed E-state index contributed by atoms with van der Waals surface area (Å²) < 4.78 is 13.0. The molecule has 0 spiro atoms. The van der Waals surface area contributed by atoms with Crippen molar-refractivity contribution in [3.8, 4) is 0 Å². The van der Waals surface area contributed by atoms with Crippen LogP contribution in [0.1, 0.15) is 40.5 Å². The van der Waals surface area contributed by atoms with E-state index in [1.807, 2.05) is 20.8 Å². The number of benzene rings is 1. The van der Waals surface area contributed by atoms with Crippen molar-refractivity contribution in [2.75, 3.05) is 11.4 Å². The highest BCUT2D eigenvalue weighted by Gasteiger charge is 2.47. The number of hydrogen-bond acceptors (Lipinski definition) is 2. The lowest BCUT2D eigenvalue weighted by Crippen LogP contribution is -2.57. The van der Waals surface area contributed by atoms with Crippen molar-refractivity contribution >= 4 is 17.5 Å². The van der Waals surface area contributed by atoms with Gasteiger partial charge >= 0.3 is 0 Å². The third-order valence-electron chi connectivity index (χ3n) is 3.90. The van der Waals surface area contributed by atoms with Crippen LogP contribution in [-0.4, -0.2) is 23.9 Å². The first-order valence-corrected chi connectivity index (χ1v) is 7.54. The van der Waals surface area contributed by atoms with E-state index in [0.29, 0.717) is 18.7 Å². The molecule has 1 fully saturated rings. The minimum absolute atomic E-state index is 0.230. The molecule has 4 nitrogen and oxygen atoms in total. The molecule has 120 valence electrons. The number of carbonyl (C=O) groups is 2.